The van der Waals surface area contributed by atoms with Gasteiger partial charge in [-0.25, -0.2) is 13.8 Å². The third kappa shape index (κ3) is 4.36. The van der Waals surface area contributed by atoms with Crippen LogP contribution < -0.4 is 10.3 Å². The second-order valence-electron chi connectivity index (χ2n) is 7.45. The van der Waals surface area contributed by atoms with Gasteiger partial charge in [0.2, 0.25) is 0 Å². The van der Waals surface area contributed by atoms with Crippen LogP contribution in [0.15, 0.2) is 41.2 Å². The minimum atomic E-state index is -4.46. The van der Waals surface area contributed by atoms with Crippen LogP contribution in [0.3, 0.4) is 0 Å². The average molecular weight is 451 g/mol. The topological polar surface area (TPSA) is 58.2 Å². The monoisotopic (exact) mass is 451 g/mol. The first-order chi connectivity index (χ1) is 15.2. The molecule has 1 N–H and O–H groups in total. The number of methoxy groups -OCH3 is 1. The van der Waals surface area contributed by atoms with Crippen LogP contribution in [0.2, 0.25) is 0 Å². The van der Waals surface area contributed by atoms with Gasteiger partial charge in [0.15, 0.2) is 0 Å². The van der Waals surface area contributed by atoms with E-state index in [1.165, 1.54) is 19.2 Å². The van der Waals surface area contributed by atoms with Crippen LogP contribution in [0.1, 0.15) is 22.4 Å². The Kier molecular flexibility index (Phi) is 5.72. The highest BCUT2D eigenvalue weighted by atomic mass is 19.4. The molecule has 10 heteroatoms. The maximum absolute atomic E-state index is 14.3. The SMILES string of the molecule is COc1cc(F)c(CN2CCc3nc(-c4ccc(C(F)(F)F)cc4)[nH]c(=O)c3C2)c(F)c1. The van der Waals surface area contributed by atoms with Gasteiger partial charge in [0.1, 0.15) is 23.2 Å². The Balaban J connectivity index is 1.56. The summed E-state index contributed by atoms with van der Waals surface area (Å²) in [5.41, 5.74) is -0.139. The lowest BCUT2D eigenvalue weighted by molar-refractivity contribution is -0.137. The van der Waals surface area contributed by atoms with Crippen molar-refractivity contribution in [1.82, 2.24) is 14.9 Å². The summed E-state index contributed by atoms with van der Waals surface area (Å²) in [6.07, 6.45) is -4.10. The molecular weight excluding hydrogens is 433 g/mol. The van der Waals surface area contributed by atoms with Crippen molar-refractivity contribution in [2.75, 3.05) is 13.7 Å². The van der Waals surface area contributed by atoms with Gasteiger partial charge in [-0.3, -0.25) is 9.69 Å². The fourth-order valence-electron chi connectivity index (χ4n) is 3.64. The molecular formula is C22H18F5N3O2. The minimum Gasteiger partial charge on any atom is -0.497 e. The predicted octanol–water partition coefficient (Wildman–Crippen LogP) is 4.30. The summed E-state index contributed by atoms with van der Waals surface area (Å²) in [7, 11) is 1.31. The van der Waals surface area contributed by atoms with Gasteiger partial charge < -0.3 is 9.72 Å². The molecule has 0 spiro atoms. The fourth-order valence-corrected chi connectivity index (χ4v) is 3.64. The molecule has 0 saturated heterocycles. The summed E-state index contributed by atoms with van der Waals surface area (Å²) in [6.45, 7) is 0.498. The molecule has 0 saturated carbocycles. The van der Waals surface area contributed by atoms with E-state index in [-0.39, 0.29) is 30.2 Å². The molecule has 0 fully saturated rings. The number of H-pyrrole nitrogens is 1. The maximum Gasteiger partial charge on any atom is 0.416 e. The van der Waals surface area contributed by atoms with Crippen LogP contribution in [-0.2, 0) is 25.7 Å². The number of rotatable bonds is 4. The van der Waals surface area contributed by atoms with Crippen molar-refractivity contribution in [3.63, 3.8) is 0 Å². The van der Waals surface area contributed by atoms with Crippen molar-refractivity contribution in [2.24, 2.45) is 0 Å². The molecule has 5 nitrogen and oxygen atoms in total. The first kappa shape index (κ1) is 21.9. The number of nitrogens with one attached hydrogen (secondary N) is 1. The maximum atomic E-state index is 14.3. The molecule has 4 rings (SSSR count). The van der Waals surface area contributed by atoms with Crippen LogP contribution in [0, 0.1) is 11.6 Å². The molecule has 0 aliphatic carbocycles. The molecule has 168 valence electrons. The normalized spacial score (nSPS) is 14.3. The Labute approximate surface area is 179 Å². The molecule has 1 aliphatic rings. The number of halogens is 5. The number of hydrogen-bond donors (Lipinski definition) is 1. The van der Waals surface area contributed by atoms with E-state index >= 15 is 0 Å². The van der Waals surface area contributed by atoms with E-state index in [9.17, 15) is 26.7 Å². The first-order valence-corrected chi connectivity index (χ1v) is 9.69. The molecule has 0 amide bonds. The highest BCUT2D eigenvalue weighted by Gasteiger charge is 2.30. The average Bonchev–Trinajstić information content (AvgIpc) is 2.75. The standard InChI is InChI=1S/C22H18F5N3O2/c1-32-14-8-17(23)15(18(24)9-14)10-30-7-6-19-16(11-30)21(31)29-20(28-19)12-2-4-13(5-3-12)22(25,26)27/h2-5,8-9H,6-7,10-11H2,1H3,(H,28,29,31). The van der Waals surface area contributed by atoms with Gasteiger partial charge in [-0.15, -0.1) is 0 Å². The molecule has 1 aromatic heterocycles. The second kappa shape index (κ2) is 8.34. The quantitative estimate of drug-likeness (QED) is 0.601. The lowest BCUT2D eigenvalue weighted by atomic mass is 10.0. The van der Waals surface area contributed by atoms with Gasteiger partial charge in [0.05, 0.1) is 23.9 Å². The van der Waals surface area contributed by atoms with E-state index in [4.69, 9.17) is 4.74 Å². The van der Waals surface area contributed by atoms with E-state index in [0.717, 1.165) is 24.3 Å². The predicted molar refractivity (Wildman–Crippen MR) is 106 cm³/mol. The lowest BCUT2D eigenvalue weighted by Gasteiger charge is -2.28. The number of benzene rings is 2. The molecule has 2 aromatic carbocycles. The number of aromatic nitrogens is 2. The van der Waals surface area contributed by atoms with Crippen LogP contribution in [0.5, 0.6) is 5.75 Å². The molecule has 0 atom stereocenters. The highest BCUT2D eigenvalue weighted by molar-refractivity contribution is 5.56. The third-order valence-electron chi connectivity index (χ3n) is 5.37. The van der Waals surface area contributed by atoms with E-state index in [0.29, 0.717) is 29.8 Å². The Morgan fingerprint density at radius 2 is 1.78 bits per heavy atom. The van der Waals surface area contributed by atoms with E-state index in [1.54, 1.807) is 4.90 Å². The molecule has 0 radical (unpaired) electrons. The molecule has 0 unspecified atom stereocenters. The molecule has 32 heavy (non-hydrogen) atoms. The Morgan fingerprint density at radius 3 is 2.38 bits per heavy atom. The van der Waals surface area contributed by atoms with Gasteiger partial charge >= 0.3 is 6.18 Å². The van der Waals surface area contributed by atoms with Crippen molar-refractivity contribution >= 4 is 0 Å². The van der Waals surface area contributed by atoms with Crippen molar-refractivity contribution < 1.29 is 26.7 Å². The summed E-state index contributed by atoms with van der Waals surface area (Å²) in [5, 5.41) is 0. The number of alkyl halides is 3. The number of aromatic amines is 1. The Bertz CT molecular complexity index is 1180. The first-order valence-electron chi connectivity index (χ1n) is 9.69. The zero-order valence-electron chi connectivity index (χ0n) is 16.9. The molecule has 1 aliphatic heterocycles. The van der Waals surface area contributed by atoms with Gasteiger partial charge in [0.25, 0.3) is 5.56 Å². The Hall–Kier alpha value is -3.27. The summed E-state index contributed by atoms with van der Waals surface area (Å²) >= 11 is 0. The number of fused-ring (bicyclic) bond motifs is 1. The van der Waals surface area contributed by atoms with Crippen LogP contribution in [0.25, 0.3) is 11.4 Å². The van der Waals surface area contributed by atoms with Crippen LogP contribution in [-0.4, -0.2) is 28.5 Å². The van der Waals surface area contributed by atoms with Gasteiger partial charge in [-0.2, -0.15) is 13.2 Å². The van der Waals surface area contributed by atoms with Gasteiger partial charge in [-0.1, -0.05) is 12.1 Å². The van der Waals surface area contributed by atoms with E-state index in [2.05, 4.69) is 9.97 Å². The van der Waals surface area contributed by atoms with Gasteiger partial charge in [-0.05, 0) is 12.1 Å². The van der Waals surface area contributed by atoms with E-state index < -0.39 is 28.9 Å². The molecule has 2 heterocycles. The van der Waals surface area contributed by atoms with Crippen molar-refractivity contribution in [3.05, 3.63) is 80.8 Å². The smallest absolute Gasteiger partial charge is 0.416 e. The third-order valence-corrected chi connectivity index (χ3v) is 5.37. The fraction of sp³-hybridized carbons (Fsp3) is 0.273. The highest BCUT2D eigenvalue weighted by Crippen LogP contribution is 2.30. The minimum absolute atomic E-state index is 0.0405. The largest absolute Gasteiger partial charge is 0.497 e. The summed E-state index contributed by atoms with van der Waals surface area (Å²) in [5.74, 6) is -1.23. The van der Waals surface area contributed by atoms with E-state index in [1.807, 2.05) is 0 Å². The van der Waals surface area contributed by atoms with Crippen molar-refractivity contribution in [1.29, 1.82) is 0 Å². The lowest BCUT2D eigenvalue weighted by Crippen LogP contribution is -2.35. The molecule has 0 bridgehead atoms. The van der Waals surface area contributed by atoms with Crippen molar-refractivity contribution in [3.8, 4) is 17.1 Å². The van der Waals surface area contributed by atoms with Crippen LogP contribution in [0.4, 0.5) is 22.0 Å². The number of nitrogens with zero attached hydrogens (tertiary/aromatic N) is 2. The zero-order chi connectivity index (χ0) is 23.0. The summed E-state index contributed by atoms with van der Waals surface area (Å²) in [6, 6.07) is 6.54. The zero-order valence-corrected chi connectivity index (χ0v) is 16.9. The number of ether oxygens (including phenoxy) is 1. The number of hydrogen-bond acceptors (Lipinski definition) is 4. The van der Waals surface area contributed by atoms with Crippen LogP contribution >= 0.6 is 0 Å². The summed E-state index contributed by atoms with van der Waals surface area (Å²) < 4.78 is 71.7. The van der Waals surface area contributed by atoms with Gasteiger partial charge in [0, 0.05) is 49.3 Å². The molecule has 3 aromatic rings. The second-order valence-corrected chi connectivity index (χ2v) is 7.45. The Morgan fingerprint density at radius 1 is 1.12 bits per heavy atom. The van der Waals surface area contributed by atoms with Crippen molar-refractivity contribution in [2.45, 2.75) is 25.7 Å². The summed E-state index contributed by atoms with van der Waals surface area (Å²) in [4.78, 5) is 21.4.